The summed E-state index contributed by atoms with van der Waals surface area (Å²) in [7, 11) is 0. The lowest BCUT2D eigenvalue weighted by Gasteiger charge is -2.24. The second kappa shape index (κ2) is 8.03. The van der Waals surface area contributed by atoms with Crippen molar-refractivity contribution in [3.05, 3.63) is 71.0 Å². The summed E-state index contributed by atoms with van der Waals surface area (Å²) in [6.07, 6.45) is 4.52. The van der Waals surface area contributed by atoms with Crippen LogP contribution in [0, 0.1) is 11.7 Å². The SMILES string of the molecule is CS[C@@H]1c2ccccc2C[C@H]1NC(=O)C(OCC1CC1)c1ccc(F)cc1. The van der Waals surface area contributed by atoms with Gasteiger partial charge in [-0.1, -0.05) is 36.4 Å². The predicted octanol–water partition coefficient (Wildman–Crippen LogP) is 4.44. The number of hydrogen-bond donors (Lipinski definition) is 1. The number of fused-ring (bicyclic) bond motifs is 1. The molecule has 0 spiro atoms. The summed E-state index contributed by atoms with van der Waals surface area (Å²) in [5.74, 6) is 0.100. The summed E-state index contributed by atoms with van der Waals surface area (Å²) >= 11 is 1.76. The highest BCUT2D eigenvalue weighted by Gasteiger charge is 2.35. The molecule has 5 heteroatoms. The number of ether oxygens (including phenoxy) is 1. The van der Waals surface area contributed by atoms with E-state index in [9.17, 15) is 9.18 Å². The summed E-state index contributed by atoms with van der Waals surface area (Å²) in [6, 6.07) is 14.4. The molecule has 2 aliphatic carbocycles. The van der Waals surface area contributed by atoms with Crippen molar-refractivity contribution < 1.29 is 13.9 Å². The minimum atomic E-state index is -0.697. The molecule has 2 aromatic rings. The van der Waals surface area contributed by atoms with E-state index in [4.69, 9.17) is 4.74 Å². The van der Waals surface area contributed by atoms with Crippen LogP contribution in [0.2, 0.25) is 0 Å². The van der Waals surface area contributed by atoms with Gasteiger partial charge in [0.05, 0.1) is 11.9 Å². The third-order valence-electron chi connectivity index (χ3n) is 5.35. The van der Waals surface area contributed by atoms with E-state index in [0.29, 0.717) is 18.1 Å². The van der Waals surface area contributed by atoms with Gasteiger partial charge in [-0.2, -0.15) is 11.8 Å². The molecule has 1 fully saturated rings. The predicted molar refractivity (Wildman–Crippen MR) is 106 cm³/mol. The lowest BCUT2D eigenvalue weighted by molar-refractivity contribution is -0.134. The van der Waals surface area contributed by atoms with Crippen LogP contribution >= 0.6 is 11.8 Å². The first-order chi connectivity index (χ1) is 13.2. The molecule has 27 heavy (non-hydrogen) atoms. The smallest absolute Gasteiger partial charge is 0.254 e. The van der Waals surface area contributed by atoms with Crippen LogP contribution in [0.5, 0.6) is 0 Å². The molecule has 0 saturated heterocycles. The molecule has 0 aromatic heterocycles. The zero-order valence-corrected chi connectivity index (χ0v) is 16.2. The summed E-state index contributed by atoms with van der Waals surface area (Å²) in [6.45, 7) is 0.576. The van der Waals surface area contributed by atoms with Gasteiger partial charge in [-0.3, -0.25) is 4.79 Å². The van der Waals surface area contributed by atoms with Crippen molar-refractivity contribution in [3.8, 4) is 0 Å². The van der Waals surface area contributed by atoms with Crippen LogP contribution in [0.15, 0.2) is 48.5 Å². The third-order valence-corrected chi connectivity index (χ3v) is 6.45. The number of carbonyl (C=O) groups excluding carboxylic acids is 1. The Hall–Kier alpha value is -1.85. The van der Waals surface area contributed by atoms with Gasteiger partial charge in [0.25, 0.3) is 5.91 Å². The molecule has 3 nitrogen and oxygen atoms in total. The monoisotopic (exact) mass is 385 g/mol. The highest BCUT2D eigenvalue weighted by atomic mass is 32.2. The Balaban J connectivity index is 1.50. The van der Waals surface area contributed by atoms with E-state index in [1.807, 2.05) is 12.1 Å². The number of rotatable bonds is 7. The highest BCUT2D eigenvalue weighted by Crippen LogP contribution is 2.40. The van der Waals surface area contributed by atoms with Crippen LogP contribution in [0.3, 0.4) is 0 Å². The van der Waals surface area contributed by atoms with Crippen LogP contribution in [0.4, 0.5) is 4.39 Å². The molecule has 1 amide bonds. The second-order valence-corrected chi connectivity index (χ2v) is 8.36. The molecular weight excluding hydrogens is 361 g/mol. The highest BCUT2D eigenvalue weighted by molar-refractivity contribution is 7.98. The van der Waals surface area contributed by atoms with Crippen molar-refractivity contribution in [1.29, 1.82) is 0 Å². The first kappa shape index (κ1) is 18.5. The molecule has 0 heterocycles. The lowest BCUT2D eigenvalue weighted by atomic mass is 10.1. The molecule has 1 saturated carbocycles. The summed E-state index contributed by atoms with van der Waals surface area (Å²) in [5, 5.41) is 3.44. The average molecular weight is 386 g/mol. The van der Waals surface area contributed by atoms with E-state index in [-0.39, 0.29) is 23.0 Å². The quantitative estimate of drug-likeness (QED) is 0.766. The van der Waals surface area contributed by atoms with Gasteiger partial charge in [0, 0.05) is 6.04 Å². The Morgan fingerprint density at radius 1 is 1.22 bits per heavy atom. The van der Waals surface area contributed by atoms with E-state index in [1.54, 1.807) is 23.9 Å². The molecular formula is C22H24FNO2S. The standard InChI is InChI=1S/C22H24FNO2S/c1-27-21-18-5-3-2-4-16(18)12-19(21)24-22(25)20(26-13-14-6-7-14)15-8-10-17(23)11-9-15/h2-5,8-11,14,19-21H,6-7,12-13H2,1H3,(H,24,25)/t19-,20?,21-/m1/s1. The van der Waals surface area contributed by atoms with Crippen molar-refractivity contribution in [3.63, 3.8) is 0 Å². The number of nitrogens with one attached hydrogen (secondary N) is 1. The van der Waals surface area contributed by atoms with Crippen molar-refractivity contribution >= 4 is 17.7 Å². The fourth-order valence-corrected chi connectivity index (χ4v) is 4.69. The lowest BCUT2D eigenvalue weighted by Crippen LogP contribution is -2.40. The van der Waals surface area contributed by atoms with E-state index >= 15 is 0 Å². The molecule has 0 bridgehead atoms. The third kappa shape index (κ3) is 4.19. The molecule has 0 aliphatic heterocycles. The van der Waals surface area contributed by atoms with Crippen molar-refractivity contribution in [2.45, 2.75) is 36.7 Å². The molecule has 142 valence electrons. The van der Waals surface area contributed by atoms with Gasteiger partial charge in [0.1, 0.15) is 5.82 Å². The normalized spacial score (nSPS) is 22.3. The zero-order valence-electron chi connectivity index (χ0n) is 15.4. The largest absolute Gasteiger partial charge is 0.363 e. The fraction of sp³-hybridized carbons (Fsp3) is 0.409. The van der Waals surface area contributed by atoms with E-state index in [0.717, 1.165) is 19.3 Å². The number of benzene rings is 2. The minimum Gasteiger partial charge on any atom is -0.363 e. The van der Waals surface area contributed by atoms with Crippen LogP contribution in [-0.4, -0.2) is 24.8 Å². The number of halogens is 1. The number of amides is 1. The molecule has 0 radical (unpaired) electrons. The van der Waals surface area contributed by atoms with Crippen LogP contribution < -0.4 is 5.32 Å². The van der Waals surface area contributed by atoms with Crippen molar-refractivity contribution in [1.82, 2.24) is 5.32 Å². The van der Waals surface area contributed by atoms with Crippen molar-refractivity contribution in [2.75, 3.05) is 12.9 Å². The molecule has 2 aromatic carbocycles. The Morgan fingerprint density at radius 2 is 1.96 bits per heavy atom. The number of carbonyl (C=O) groups is 1. The maximum absolute atomic E-state index is 13.3. The van der Waals surface area contributed by atoms with Crippen LogP contribution in [-0.2, 0) is 16.0 Å². The van der Waals surface area contributed by atoms with Gasteiger partial charge in [0.2, 0.25) is 0 Å². The average Bonchev–Trinajstić information content (AvgIpc) is 3.43. The Labute approximate surface area is 163 Å². The van der Waals surface area contributed by atoms with Crippen LogP contribution in [0.1, 0.15) is 40.9 Å². The van der Waals surface area contributed by atoms with Gasteiger partial charge in [0.15, 0.2) is 6.10 Å². The number of thioether (sulfide) groups is 1. The van der Waals surface area contributed by atoms with E-state index < -0.39 is 6.10 Å². The first-order valence-corrected chi connectivity index (χ1v) is 10.7. The Kier molecular flexibility index (Phi) is 5.50. The minimum absolute atomic E-state index is 0.0392. The van der Waals surface area contributed by atoms with Crippen molar-refractivity contribution in [2.24, 2.45) is 5.92 Å². The Morgan fingerprint density at radius 3 is 2.67 bits per heavy atom. The van der Waals surface area contributed by atoms with Gasteiger partial charge < -0.3 is 10.1 Å². The van der Waals surface area contributed by atoms with E-state index in [2.05, 4.69) is 23.7 Å². The second-order valence-electron chi connectivity index (χ2n) is 7.38. The first-order valence-electron chi connectivity index (χ1n) is 9.43. The summed E-state index contributed by atoms with van der Waals surface area (Å²) < 4.78 is 19.3. The molecule has 4 rings (SSSR count). The maximum Gasteiger partial charge on any atom is 0.254 e. The van der Waals surface area contributed by atoms with Gasteiger partial charge >= 0.3 is 0 Å². The molecule has 1 N–H and O–H groups in total. The zero-order chi connectivity index (χ0) is 18.8. The van der Waals surface area contributed by atoms with E-state index in [1.165, 1.54) is 23.3 Å². The summed E-state index contributed by atoms with van der Waals surface area (Å²) in [4.78, 5) is 13.1. The molecule has 2 aliphatic rings. The molecule has 1 unspecified atom stereocenters. The summed E-state index contributed by atoms with van der Waals surface area (Å²) in [5.41, 5.74) is 3.29. The number of hydrogen-bond acceptors (Lipinski definition) is 3. The van der Waals surface area contributed by atoms with Gasteiger partial charge in [-0.25, -0.2) is 4.39 Å². The topological polar surface area (TPSA) is 38.3 Å². The van der Waals surface area contributed by atoms with Gasteiger partial charge in [-0.05, 0) is 60.3 Å². The van der Waals surface area contributed by atoms with Crippen LogP contribution in [0.25, 0.3) is 0 Å². The van der Waals surface area contributed by atoms with Gasteiger partial charge in [-0.15, -0.1) is 0 Å². The molecule has 3 atom stereocenters. The fourth-order valence-electron chi connectivity index (χ4n) is 3.71. The Bertz CT molecular complexity index is 806. The maximum atomic E-state index is 13.3.